The van der Waals surface area contributed by atoms with Crippen LogP contribution in [0.15, 0.2) is 41.8 Å². The third-order valence-electron chi connectivity index (χ3n) is 10.8. The number of amides is 6. The number of phenolic OH excluding ortho intramolecular Hbond substituents is 1. The highest BCUT2D eigenvalue weighted by molar-refractivity contribution is 5.97. The summed E-state index contributed by atoms with van der Waals surface area (Å²) in [6, 6.07) is -3.26. The number of rotatable bonds is 25. The summed E-state index contributed by atoms with van der Waals surface area (Å²) >= 11 is 0. The van der Waals surface area contributed by atoms with Crippen LogP contribution in [0.2, 0.25) is 0 Å². The first-order chi connectivity index (χ1) is 30.2. The molecule has 0 unspecified atom stereocenters. The van der Waals surface area contributed by atoms with Crippen molar-refractivity contribution in [2.75, 3.05) is 13.1 Å². The maximum absolute atomic E-state index is 14.3. The van der Waals surface area contributed by atoms with Crippen molar-refractivity contribution in [2.45, 2.75) is 121 Å². The molecule has 6 amide bonds. The van der Waals surface area contributed by atoms with Crippen molar-refractivity contribution in [1.29, 1.82) is 0 Å². The smallest absolute Gasteiger partial charge is 0.326 e. The molecule has 1 fully saturated rings. The Labute approximate surface area is 370 Å². The van der Waals surface area contributed by atoms with E-state index in [2.05, 4.69) is 41.5 Å². The van der Waals surface area contributed by atoms with Gasteiger partial charge in [-0.05, 0) is 55.2 Å². The monoisotopic (exact) mass is 898 g/mol. The molecule has 3 rings (SSSR count). The molecule has 23 heteroatoms. The maximum Gasteiger partial charge on any atom is 0.326 e. The van der Waals surface area contributed by atoms with Crippen LogP contribution >= 0.6 is 0 Å². The number of aliphatic imine (C=N–C) groups is 1. The molecule has 2 aromatic rings. The molecule has 2 heterocycles. The Morgan fingerprint density at radius 1 is 0.844 bits per heavy atom. The van der Waals surface area contributed by atoms with Crippen molar-refractivity contribution >= 4 is 53.3 Å². The molecule has 8 atom stereocenters. The highest BCUT2D eigenvalue weighted by Gasteiger charge is 2.40. The van der Waals surface area contributed by atoms with Gasteiger partial charge in [0, 0.05) is 37.8 Å². The number of hydrogen-bond donors (Lipinski definition) is 12. The molecule has 1 aromatic carbocycles. The van der Waals surface area contributed by atoms with Crippen molar-refractivity contribution < 1.29 is 53.7 Å². The molecular weight excluding hydrogens is 837 g/mol. The van der Waals surface area contributed by atoms with E-state index in [9.17, 15) is 48.6 Å². The number of carboxylic acid groups (broad SMARTS) is 2. The summed E-state index contributed by atoms with van der Waals surface area (Å²) in [5, 5.41) is 42.0. The molecular formula is C41H62N12O11. The van der Waals surface area contributed by atoms with Gasteiger partial charge in [0.05, 0.1) is 18.8 Å². The van der Waals surface area contributed by atoms with Crippen LogP contribution in [0.5, 0.6) is 5.75 Å². The molecule has 1 aliphatic rings. The number of carbonyl (C=O) groups is 8. The van der Waals surface area contributed by atoms with Crippen molar-refractivity contribution in [3.05, 3.63) is 48.0 Å². The standard InChI is InChI=1S/C41H62N12O11/c1-5-22(4)33(38(61)50-29(17-24-19-45-20-47-24)39(62)53-15-7-9-30(53)40(63)64)52-36(59)28(16-23-10-12-25(54)13-11-23)49-37(60)32(21(2)3)51-35(58)27(8-6-14-46-41(43)44)48-34(57)26(42)18-31(55)56/h10-13,19-22,26-30,32-33,54H,5-9,14-18,42H2,1-4H3,(H,45,47)(H,48,57)(H,49,60)(H,50,61)(H,51,58)(H,52,59)(H,55,56)(H,63,64)(H4,43,44,46)/t22-,26+,27-,28-,29+,30-,32+,33-/m0/s1. The molecule has 1 aromatic heterocycles. The zero-order valence-corrected chi connectivity index (χ0v) is 36.4. The lowest BCUT2D eigenvalue weighted by atomic mass is 9.96. The first-order valence-electron chi connectivity index (χ1n) is 21.0. The van der Waals surface area contributed by atoms with Gasteiger partial charge in [0.1, 0.15) is 42.0 Å². The number of aromatic hydroxyl groups is 1. The van der Waals surface area contributed by atoms with Gasteiger partial charge in [-0.3, -0.25) is 38.6 Å². The second-order valence-electron chi connectivity index (χ2n) is 16.1. The third kappa shape index (κ3) is 15.8. The minimum absolute atomic E-state index is 0.0436. The van der Waals surface area contributed by atoms with Gasteiger partial charge in [-0.15, -0.1) is 0 Å². The number of phenols is 1. The molecule has 1 saturated heterocycles. The van der Waals surface area contributed by atoms with Crippen LogP contribution in [0.3, 0.4) is 0 Å². The number of carbonyl (C=O) groups excluding carboxylic acids is 6. The molecule has 64 heavy (non-hydrogen) atoms. The predicted octanol–water partition coefficient (Wildman–Crippen LogP) is -2.04. The summed E-state index contributed by atoms with van der Waals surface area (Å²) in [6.07, 6.45) is 3.14. The first kappa shape index (κ1) is 51.6. The van der Waals surface area contributed by atoms with E-state index in [4.69, 9.17) is 22.3 Å². The predicted molar refractivity (Wildman–Crippen MR) is 231 cm³/mol. The number of nitrogens with zero attached hydrogens (tertiary/aromatic N) is 3. The van der Waals surface area contributed by atoms with Crippen LogP contribution in [0, 0.1) is 11.8 Å². The van der Waals surface area contributed by atoms with Gasteiger partial charge in [0.25, 0.3) is 0 Å². The van der Waals surface area contributed by atoms with Gasteiger partial charge in [-0.2, -0.15) is 0 Å². The summed E-state index contributed by atoms with van der Waals surface area (Å²) in [7, 11) is 0. The number of nitrogens with one attached hydrogen (secondary N) is 6. The summed E-state index contributed by atoms with van der Waals surface area (Å²) in [6.45, 7) is 6.98. The third-order valence-corrected chi connectivity index (χ3v) is 10.8. The summed E-state index contributed by atoms with van der Waals surface area (Å²) in [4.78, 5) is 118. The summed E-state index contributed by atoms with van der Waals surface area (Å²) in [5.74, 6) is -8.67. The van der Waals surface area contributed by atoms with Gasteiger partial charge < -0.3 is 69.0 Å². The highest BCUT2D eigenvalue weighted by atomic mass is 16.4. The number of nitrogens with two attached hydrogens (primary N) is 3. The van der Waals surface area contributed by atoms with E-state index >= 15 is 0 Å². The molecule has 0 spiro atoms. The van der Waals surface area contributed by atoms with E-state index in [1.807, 2.05) is 0 Å². The van der Waals surface area contributed by atoms with Crippen molar-refractivity contribution in [2.24, 2.45) is 34.0 Å². The average molecular weight is 899 g/mol. The Morgan fingerprint density at radius 3 is 2.03 bits per heavy atom. The van der Waals surface area contributed by atoms with Crippen molar-refractivity contribution in [3.8, 4) is 5.75 Å². The normalized spacial score (nSPS) is 16.8. The number of carboxylic acids is 2. The van der Waals surface area contributed by atoms with Crippen molar-refractivity contribution in [1.82, 2.24) is 41.5 Å². The minimum Gasteiger partial charge on any atom is -0.508 e. The lowest BCUT2D eigenvalue weighted by molar-refractivity contribution is -0.149. The number of hydrogen-bond acceptors (Lipinski definition) is 12. The Kier molecular flexibility index (Phi) is 19.9. The molecule has 0 radical (unpaired) electrons. The molecule has 0 saturated carbocycles. The molecule has 15 N–H and O–H groups in total. The molecule has 23 nitrogen and oxygen atoms in total. The molecule has 0 bridgehead atoms. The summed E-state index contributed by atoms with van der Waals surface area (Å²) in [5.41, 5.74) is 17.5. The topological polar surface area (TPSA) is 380 Å². The number of aromatic nitrogens is 2. The van der Waals surface area contributed by atoms with Crippen LogP contribution in [-0.4, -0.2) is 139 Å². The highest BCUT2D eigenvalue weighted by Crippen LogP contribution is 2.20. The second kappa shape index (κ2) is 24.8. The Bertz CT molecular complexity index is 1960. The van der Waals surface area contributed by atoms with E-state index < -0.39 is 108 Å². The number of benzene rings is 1. The minimum atomic E-state index is -1.49. The number of imidazole rings is 1. The number of likely N-dealkylation sites (tertiary alicyclic amines) is 1. The van der Waals surface area contributed by atoms with Gasteiger partial charge in [0.2, 0.25) is 35.4 Å². The molecule has 352 valence electrons. The van der Waals surface area contributed by atoms with E-state index in [0.29, 0.717) is 24.1 Å². The number of H-pyrrole nitrogens is 1. The lowest BCUT2D eigenvalue weighted by Crippen LogP contribution is -2.62. The largest absolute Gasteiger partial charge is 0.508 e. The fraction of sp³-hybridized carbons (Fsp3) is 0.561. The molecule has 0 aliphatic carbocycles. The SMILES string of the molecule is CC[C@H](C)[C@H](NC(=O)[C@H](Cc1ccc(O)cc1)NC(=O)[C@H](NC(=O)[C@H](CCCN=C(N)N)NC(=O)[C@H](N)CC(=O)O)C(C)C)C(=O)N[C@H](Cc1cnc[nH]1)C(=O)N1CCC[C@H]1C(=O)O. The fourth-order valence-corrected chi connectivity index (χ4v) is 6.98. The van der Waals surface area contributed by atoms with Gasteiger partial charge >= 0.3 is 11.9 Å². The Hall–Kier alpha value is -6.78. The summed E-state index contributed by atoms with van der Waals surface area (Å²) < 4.78 is 0. The zero-order chi connectivity index (χ0) is 47.7. The van der Waals surface area contributed by atoms with Crippen LogP contribution in [0.4, 0.5) is 0 Å². The second-order valence-corrected chi connectivity index (χ2v) is 16.1. The quantitative estimate of drug-likeness (QED) is 0.0290. The van der Waals surface area contributed by atoms with E-state index in [-0.39, 0.29) is 56.9 Å². The van der Waals surface area contributed by atoms with E-state index in [1.54, 1.807) is 27.7 Å². The Morgan fingerprint density at radius 2 is 1.45 bits per heavy atom. The number of aliphatic carboxylic acids is 2. The lowest BCUT2D eigenvalue weighted by Gasteiger charge is -2.31. The van der Waals surface area contributed by atoms with Gasteiger partial charge in [-0.25, -0.2) is 9.78 Å². The van der Waals surface area contributed by atoms with E-state index in [1.165, 1.54) is 41.7 Å². The Balaban J connectivity index is 1.91. The molecule has 1 aliphatic heterocycles. The van der Waals surface area contributed by atoms with Gasteiger partial charge in [0.15, 0.2) is 5.96 Å². The maximum atomic E-state index is 14.3. The van der Waals surface area contributed by atoms with Crippen LogP contribution in [0.25, 0.3) is 0 Å². The number of guanidine groups is 1. The van der Waals surface area contributed by atoms with Crippen LogP contribution < -0.4 is 43.8 Å². The van der Waals surface area contributed by atoms with Crippen molar-refractivity contribution in [3.63, 3.8) is 0 Å². The van der Waals surface area contributed by atoms with E-state index in [0.717, 1.165) is 0 Å². The first-order valence-corrected chi connectivity index (χ1v) is 21.0. The number of aromatic amines is 1. The average Bonchev–Trinajstić information content (AvgIpc) is 3.95. The van der Waals surface area contributed by atoms with Crippen LogP contribution in [-0.2, 0) is 51.2 Å². The van der Waals surface area contributed by atoms with Crippen LogP contribution in [0.1, 0.15) is 77.5 Å². The zero-order valence-electron chi connectivity index (χ0n) is 36.4. The van der Waals surface area contributed by atoms with Gasteiger partial charge in [-0.1, -0.05) is 46.2 Å². The fourth-order valence-electron chi connectivity index (χ4n) is 6.98.